The monoisotopic (exact) mass is 274 g/mol. The second-order valence-electron chi connectivity index (χ2n) is 4.48. The van der Waals surface area contributed by atoms with Gasteiger partial charge in [-0.25, -0.2) is 14.1 Å². The molecule has 1 N–H and O–H groups in total. The highest BCUT2D eigenvalue weighted by atomic mass is 19.1. The van der Waals surface area contributed by atoms with E-state index in [0.29, 0.717) is 5.56 Å². The average Bonchev–Trinajstić information content (AvgIpc) is 2.93. The molecule has 102 valence electrons. The van der Waals surface area contributed by atoms with Gasteiger partial charge in [-0.2, -0.15) is 5.10 Å². The predicted molar refractivity (Wildman–Crippen MR) is 68.4 cm³/mol. The number of amides is 3. The molecular formula is C13H11FN4O2. The van der Waals surface area contributed by atoms with Crippen LogP contribution < -0.4 is 10.2 Å². The molecule has 0 saturated carbocycles. The molecule has 1 saturated heterocycles. The van der Waals surface area contributed by atoms with Gasteiger partial charge in [-0.15, -0.1) is 0 Å². The first-order chi connectivity index (χ1) is 9.56. The maximum absolute atomic E-state index is 13.2. The molecule has 6 nitrogen and oxygen atoms in total. The van der Waals surface area contributed by atoms with Crippen LogP contribution in [0.3, 0.4) is 0 Å². The highest BCUT2D eigenvalue weighted by Gasteiger charge is 2.40. The summed E-state index contributed by atoms with van der Waals surface area (Å²) in [6.07, 6.45) is 3.16. The van der Waals surface area contributed by atoms with Crippen LogP contribution in [0.5, 0.6) is 0 Å². The quantitative estimate of drug-likeness (QED) is 0.841. The van der Waals surface area contributed by atoms with Crippen LogP contribution in [0.15, 0.2) is 36.7 Å². The minimum absolute atomic E-state index is 0.207. The number of imide groups is 1. The number of aryl methyl sites for hydroxylation is 1. The van der Waals surface area contributed by atoms with Gasteiger partial charge in [0.2, 0.25) is 0 Å². The van der Waals surface area contributed by atoms with E-state index in [-0.39, 0.29) is 5.69 Å². The van der Waals surface area contributed by atoms with Crippen molar-refractivity contribution in [2.75, 3.05) is 4.90 Å². The zero-order chi connectivity index (χ0) is 14.3. The molecule has 0 spiro atoms. The van der Waals surface area contributed by atoms with Crippen LogP contribution >= 0.6 is 0 Å². The fraction of sp³-hybridized carbons (Fsp3) is 0.154. The first-order valence-corrected chi connectivity index (χ1v) is 5.95. The molecule has 1 aromatic carbocycles. The Hall–Kier alpha value is -2.70. The Bertz CT molecular complexity index is 697. The summed E-state index contributed by atoms with van der Waals surface area (Å²) in [5.74, 6) is -0.957. The van der Waals surface area contributed by atoms with Crippen LogP contribution in [0.1, 0.15) is 11.6 Å². The van der Waals surface area contributed by atoms with Gasteiger partial charge in [0, 0.05) is 18.8 Å². The summed E-state index contributed by atoms with van der Waals surface area (Å²) in [5, 5.41) is 6.53. The van der Waals surface area contributed by atoms with Gasteiger partial charge in [0.05, 0.1) is 11.9 Å². The van der Waals surface area contributed by atoms with Crippen LogP contribution in [-0.4, -0.2) is 21.7 Å². The Kier molecular flexibility index (Phi) is 2.74. The van der Waals surface area contributed by atoms with Gasteiger partial charge in [-0.05, 0) is 18.2 Å². The number of benzene rings is 1. The lowest BCUT2D eigenvalue weighted by Gasteiger charge is -2.12. The molecule has 0 bridgehead atoms. The van der Waals surface area contributed by atoms with Gasteiger partial charge in [-0.3, -0.25) is 9.48 Å². The Morgan fingerprint density at radius 1 is 1.35 bits per heavy atom. The number of rotatable bonds is 2. The van der Waals surface area contributed by atoms with E-state index in [2.05, 4.69) is 10.4 Å². The fourth-order valence-electron chi connectivity index (χ4n) is 2.15. The second-order valence-corrected chi connectivity index (χ2v) is 4.48. The number of urea groups is 1. The van der Waals surface area contributed by atoms with Crippen molar-refractivity contribution < 1.29 is 14.0 Å². The fourth-order valence-corrected chi connectivity index (χ4v) is 2.15. The van der Waals surface area contributed by atoms with Crippen molar-refractivity contribution in [3.05, 3.63) is 48.0 Å². The molecule has 7 heteroatoms. The average molecular weight is 274 g/mol. The topological polar surface area (TPSA) is 67.2 Å². The second kappa shape index (κ2) is 4.44. The molecule has 1 aliphatic heterocycles. The van der Waals surface area contributed by atoms with Crippen molar-refractivity contribution in [3.8, 4) is 0 Å². The van der Waals surface area contributed by atoms with E-state index in [4.69, 9.17) is 0 Å². The highest BCUT2D eigenvalue weighted by molar-refractivity contribution is 6.21. The maximum atomic E-state index is 13.2. The van der Waals surface area contributed by atoms with Crippen molar-refractivity contribution in [3.63, 3.8) is 0 Å². The van der Waals surface area contributed by atoms with Crippen LogP contribution in [-0.2, 0) is 11.8 Å². The Morgan fingerprint density at radius 3 is 2.80 bits per heavy atom. The van der Waals surface area contributed by atoms with Crippen molar-refractivity contribution in [2.24, 2.45) is 7.05 Å². The first-order valence-electron chi connectivity index (χ1n) is 5.95. The van der Waals surface area contributed by atoms with E-state index >= 15 is 0 Å². The molecule has 2 heterocycles. The van der Waals surface area contributed by atoms with Crippen LogP contribution in [0, 0.1) is 5.82 Å². The number of halogens is 1. The summed E-state index contributed by atoms with van der Waals surface area (Å²) in [4.78, 5) is 25.2. The van der Waals surface area contributed by atoms with E-state index in [1.807, 2.05) is 0 Å². The Labute approximate surface area is 113 Å². The largest absolute Gasteiger partial charge is 0.329 e. The lowest BCUT2D eigenvalue weighted by Crippen LogP contribution is -2.30. The molecule has 1 fully saturated rings. The van der Waals surface area contributed by atoms with Crippen LogP contribution in [0.2, 0.25) is 0 Å². The first kappa shape index (κ1) is 12.3. The van der Waals surface area contributed by atoms with Gasteiger partial charge in [0.1, 0.15) is 11.9 Å². The molecule has 0 aliphatic carbocycles. The zero-order valence-electron chi connectivity index (χ0n) is 10.6. The summed E-state index contributed by atoms with van der Waals surface area (Å²) in [7, 11) is 1.72. The molecule has 1 aromatic heterocycles. The van der Waals surface area contributed by atoms with Crippen molar-refractivity contribution in [2.45, 2.75) is 6.04 Å². The van der Waals surface area contributed by atoms with Crippen molar-refractivity contribution in [1.82, 2.24) is 15.1 Å². The predicted octanol–water partition coefficient (Wildman–Crippen LogP) is 1.36. The van der Waals surface area contributed by atoms with E-state index < -0.39 is 23.8 Å². The molecule has 3 amide bonds. The molecule has 2 aromatic rings. The molecule has 1 atom stereocenters. The number of carbonyl (C=O) groups is 2. The summed E-state index contributed by atoms with van der Waals surface area (Å²) in [6, 6.07) is 3.98. The van der Waals surface area contributed by atoms with E-state index in [1.165, 1.54) is 24.4 Å². The number of nitrogens with zero attached hydrogens (tertiary/aromatic N) is 3. The van der Waals surface area contributed by atoms with Crippen molar-refractivity contribution >= 4 is 17.6 Å². The smallest absolute Gasteiger partial charge is 0.321 e. The number of aromatic nitrogens is 2. The minimum atomic E-state index is -0.792. The van der Waals surface area contributed by atoms with Gasteiger partial charge in [-0.1, -0.05) is 6.07 Å². The zero-order valence-corrected chi connectivity index (χ0v) is 10.6. The molecule has 20 heavy (non-hydrogen) atoms. The lowest BCUT2D eigenvalue weighted by molar-refractivity contribution is -0.118. The van der Waals surface area contributed by atoms with Gasteiger partial charge >= 0.3 is 6.03 Å². The van der Waals surface area contributed by atoms with E-state index in [0.717, 1.165) is 11.0 Å². The third-order valence-electron chi connectivity index (χ3n) is 3.06. The SMILES string of the molecule is Cn1cc(C2NC(=O)N(c3cccc(F)c3)C2=O)cn1. The van der Waals surface area contributed by atoms with Gasteiger partial charge in [0.15, 0.2) is 0 Å². The summed E-state index contributed by atoms with van der Waals surface area (Å²) in [5.41, 5.74) is 0.795. The normalized spacial score (nSPS) is 18.5. The third-order valence-corrected chi connectivity index (χ3v) is 3.06. The molecule has 1 unspecified atom stereocenters. The van der Waals surface area contributed by atoms with E-state index in [9.17, 15) is 14.0 Å². The number of carbonyl (C=O) groups excluding carboxylic acids is 2. The standard InChI is InChI=1S/C13H11FN4O2/c1-17-7-8(6-15-17)11-12(19)18(13(20)16-11)10-4-2-3-9(14)5-10/h2-7,11H,1H3,(H,16,20). The van der Waals surface area contributed by atoms with E-state index in [1.54, 1.807) is 17.9 Å². The number of anilines is 1. The van der Waals surface area contributed by atoms with Crippen molar-refractivity contribution in [1.29, 1.82) is 0 Å². The Morgan fingerprint density at radius 2 is 2.15 bits per heavy atom. The number of nitrogens with one attached hydrogen (secondary N) is 1. The molecule has 3 rings (SSSR count). The summed E-state index contributed by atoms with van der Waals surface area (Å²) >= 11 is 0. The minimum Gasteiger partial charge on any atom is -0.321 e. The highest BCUT2D eigenvalue weighted by Crippen LogP contribution is 2.26. The van der Waals surface area contributed by atoms with Crippen LogP contribution in [0.4, 0.5) is 14.9 Å². The number of hydrogen-bond donors (Lipinski definition) is 1. The molecule has 0 radical (unpaired) electrons. The molecular weight excluding hydrogens is 263 g/mol. The Balaban J connectivity index is 1.95. The lowest BCUT2D eigenvalue weighted by atomic mass is 10.1. The maximum Gasteiger partial charge on any atom is 0.329 e. The summed E-state index contributed by atoms with van der Waals surface area (Å²) < 4.78 is 14.8. The van der Waals surface area contributed by atoms with Gasteiger partial charge < -0.3 is 5.32 Å². The summed E-state index contributed by atoms with van der Waals surface area (Å²) in [6.45, 7) is 0. The van der Waals surface area contributed by atoms with Gasteiger partial charge in [0.25, 0.3) is 5.91 Å². The molecule has 1 aliphatic rings. The number of hydrogen-bond acceptors (Lipinski definition) is 3. The van der Waals surface area contributed by atoms with Crippen LogP contribution in [0.25, 0.3) is 0 Å². The third kappa shape index (κ3) is 1.93.